The maximum Gasteiger partial charge on any atom is 0.414 e. The molecule has 1 aromatic heterocycles. The minimum absolute atomic E-state index is 0.648. The Hall–Kier alpha value is -1.54. The fraction of sp³-hybridized carbons (Fsp3) is 0.692. The molecule has 116 valence electrons. The number of hydrogen-bond acceptors (Lipinski definition) is 6. The standard InChI is InChI=1S/C11H17N3S.C2H2O4/c1-2-10-13-11(15-14-10)8-5-7-3-4-9(8)12-6-7;3-1(4)2(5)6/h7-9,12H,2-6H2,1H3;(H,3,4)(H,5,6). The Morgan fingerprint density at radius 2 is 2.05 bits per heavy atom. The van der Waals surface area contributed by atoms with Crippen LogP contribution in [0.5, 0.6) is 0 Å². The first kappa shape index (κ1) is 15.8. The zero-order valence-electron chi connectivity index (χ0n) is 11.8. The molecule has 3 aliphatic rings. The van der Waals surface area contributed by atoms with Gasteiger partial charge < -0.3 is 15.5 Å². The van der Waals surface area contributed by atoms with Crippen molar-refractivity contribution in [2.24, 2.45) is 5.92 Å². The molecule has 2 aliphatic heterocycles. The fourth-order valence-corrected chi connectivity index (χ4v) is 3.75. The lowest BCUT2D eigenvalue weighted by atomic mass is 9.74. The summed E-state index contributed by atoms with van der Waals surface area (Å²) < 4.78 is 4.40. The first-order valence-corrected chi connectivity index (χ1v) is 7.80. The van der Waals surface area contributed by atoms with Gasteiger partial charge in [0.2, 0.25) is 0 Å². The molecule has 0 amide bonds. The minimum Gasteiger partial charge on any atom is -0.473 e. The molecule has 0 radical (unpaired) electrons. The van der Waals surface area contributed by atoms with Gasteiger partial charge in [0.05, 0.1) is 0 Å². The Labute approximate surface area is 126 Å². The second kappa shape index (κ2) is 6.95. The summed E-state index contributed by atoms with van der Waals surface area (Å²) in [7, 11) is 0. The van der Waals surface area contributed by atoms with Crippen molar-refractivity contribution in [2.75, 3.05) is 6.54 Å². The van der Waals surface area contributed by atoms with E-state index in [9.17, 15) is 0 Å². The molecule has 1 aromatic rings. The van der Waals surface area contributed by atoms with Crippen LogP contribution in [-0.2, 0) is 16.0 Å². The highest BCUT2D eigenvalue weighted by Gasteiger charge is 2.37. The van der Waals surface area contributed by atoms with Crippen molar-refractivity contribution in [3.63, 3.8) is 0 Å². The molecular weight excluding hydrogens is 294 g/mol. The number of carbonyl (C=O) groups is 2. The molecule has 0 aromatic carbocycles. The highest BCUT2D eigenvalue weighted by Crippen LogP contribution is 2.40. The Morgan fingerprint density at radius 1 is 1.33 bits per heavy atom. The second-order valence-electron chi connectivity index (χ2n) is 5.31. The highest BCUT2D eigenvalue weighted by molar-refractivity contribution is 7.05. The number of aryl methyl sites for hydroxylation is 1. The summed E-state index contributed by atoms with van der Waals surface area (Å²) in [6.45, 7) is 3.34. The van der Waals surface area contributed by atoms with Crippen LogP contribution in [0.25, 0.3) is 0 Å². The number of aromatic nitrogens is 2. The molecule has 21 heavy (non-hydrogen) atoms. The van der Waals surface area contributed by atoms with Crippen LogP contribution in [0.1, 0.15) is 42.9 Å². The van der Waals surface area contributed by atoms with E-state index in [1.165, 1.54) is 30.8 Å². The number of aliphatic carboxylic acids is 2. The predicted molar refractivity (Wildman–Crippen MR) is 76.4 cm³/mol. The molecule has 4 rings (SSSR count). The van der Waals surface area contributed by atoms with Crippen molar-refractivity contribution in [1.29, 1.82) is 0 Å². The van der Waals surface area contributed by atoms with Crippen molar-refractivity contribution in [3.05, 3.63) is 10.8 Å². The van der Waals surface area contributed by atoms with Gasteiger partial charge in [-0.2, -0.15) is 4.37 Å². The van der Waals surface area contributed by atoms with Gasteiger partial charge in [-0.3, -0.25) is 0 Å². The van der Waals surface area contributed by atoms with Crippen molar-refractivity contribution in [2.45, 2.75) is 44.6 Å². The number of piperidine rings is 2. The van der Waals surface area contributed by atoms with Crippen LogP contribution in [0, 0.1) is 5.92 Å². The molecule has 3 atom stereocenters. The molecule has 3 N–H and O–H groups in total. The van der Waals surface area contributed by atoms with Gasteiger partial charge in [-0.1, -0.05) is 6.92 Å². The van der Waals surface area contributed by atoms with Crippen LogP contribution in [0.15, 0.2) is 0 Å². The van der Waals surface area contributed by atoms with Crippen LogP contribution in [-0.4, -0.2) is 44.1 Å². The van der Waals surface area contributed by atoms with E-state index in [0.717, 1.165) is 18.2 Å². The monoisotopic (exact) mass is 313 g/mol. The maximum atomic E-state index is 9.10. The minimum atomic E-state index is -1.82. The molecule has 2 saturated heterocycles. The lowest BCUT2D eigenvalue weighted by molar-refractivity contribution is -0.159. The Balaban J connectivity index is 0.000000232. The van der Waals surface area contributed by atoms with Gasteiger partial charge in [-0.15, -0.1) is 0 Å². The van der Waals surface area contributed by atoms with Crippen LogP contribution < -0.4 is 5.32 Å². The quantitative estimate of drug-likeness (QED) is 0.701. The molecule has 1 saturated carbocycles. The molecule has 3 unspecified atom stereocenters. The van der Waals surface area contributed by atoms with Gasteiger partial charge in [-0.25, -0.2) is 14.6 Å². The first-order chi connectivity index (χ1) is 10.0. The van der Waals surface area contributed by atoms with E-state index in [-0.39, 0.29) is 0 Å². The van der Waals surface area contributed by atoms with Gasteiger partial charge in [0.15, 0.2) is 0 Å². The topological polar surface area (TPSA) is 112 Å². The number of fused-ring (bicyclic) bond motifs is 3. The molecule has 7 nitrogen and oxygen atoms in total. The number of carboxylic acids is 2. The van der Waals surface area contributed by atoms with E-state index in [0.29, 0.717) is 12.0 Å². The molecule has 2 bridgehead atoms. The molecule has 3 fully saturated rings. The Bertz CT molecular complexity index is 499. The normalized spacial score (nSPS) is 26.8. The summed E-state index contributed by atoms with van der Waals surface area (Å²) in [5, 5.41) is 19.7. The second-order valence-corrected chi connectivity index (χ2v) is 6.10. The Morgan fingerprint density at radius 3 is 2.43 bits per heavy atom. The van der Waals surface area contributed by atoms with E-state index in [1.807, 2.05) is 0 Å². The molecule has 1 aliphatic carbocycles. The number of nitrogens with zero attached hydrogens (tertiary/aromatic N) is 2. The summed E-state index contributed by atoms with van der Waals surface area (Å²) >= 11 is 1.62. The smallest absolute Gasteiger partial charge is 0.414 e. The zero-order valence-corrected chi connectivity index (χ0v) is 12.6. The highest BCUT2D eigenvalue weighted by atomic mass is 32.1. The molecule has 0 spiro atoms. The van der Waals surface area contributed by atoms with Crippen molar-refractivity contribution in [1.82, 2.24) is 14.7 Å². The lowest BCUT2D eigenvalue weighted by Gasteiger charge is -2.42. The SMILES string of the molecule is CCc1nsc(C2CC3CCC2NC3)n1.O=C(O)C(=O)O. The predicted octanol–water partition coefficient (Wildman–Crippen LogP) is 1.11. The fourth-order valence-electron chi connectivity index (χ4n) is 2.84. The van der Waals surface area contributed by atoms with E-state index in [2.05, 4.69) is 21.6 Å². The van der Waals surface area contributed by atoms with Gasteiger partial charge in [0.25, 0.3) is 0 Å². The average Bonchev–Trinajstić information content (AvgIpc) is 2.98. The lowest BCUT2D eigenvalue weighted by Crippen LogP contribution is -2.48. The summed E-state index contributed by atoms with van der Waals surface area (Å²) in [5.41, 5.74) is 0. The molecule has 3 heterocycles. The van der Waals surface area contributed by atoms with Crippen molar-refractivity contribution in [3.8, 4) is 0 Å². The van der Waals surface area contributed by atoms with Gasteiger partial charge in [0, 0.05) is 18.4 Å². The van der Waals surface area contributed by atoms with E-state index >= 15 is 0 Å². The van der Waals surface area contributed by atoms with E-state index in [1.54, 1.807) is 11.5 Å². The van der Waals surface area contributed by atoms with Gasteiger partial charge in [-0.05, 0) is 43.3 Å². The number of rotatable bonds is 2. The third-order valence-electron chi connectivity index (χ3n) is 3.93. The van der Waals surface area contributed by atoms with Gasteiger partial charge >= 0.3 is 11.9 Å². The van der Waals surface area contributed by atoms with Crippen molar-refractivity contribution >= 4 is 23.5 Å². The third kappa shape index (κ3) is 3.98. The summed E-state index contributed by atoms with van der Waals surface area (Å²) in [6, 6.07) is 0.674. The third-order valence-corrected chi connectivity index (χ3v) is 4.81. The summed E-state index contributed by atoms with van der Waals surface area (Å²) in [4.78, 5) is 22.8. The zero-order chi connectivity index (χ0) is 15.4. The number of nitrogens with one attached hydrogen (secondary N) is 1. The van der Waals surface area contributed by atoms with Gasteiger partial charge in [0.1, 0.15) is 10.8 Å². The first-order valence-electron chi connectivity index (χ1n) is 7.03. The summed E-state index contributed by atoms with van der Waals surface area (Å²) in [6.07, 6.45) is 5.03. The van der Waals surface area contributed by atoms with E-state index < -0.39 is 11.9 Å². The van der Waals surface area contributed by atoms with E-state index in [4.69, 9.17) is 19.8 Å². The molecular formula is C13H19N3O4S. The Kier molecular flexibility index (Phi) is 5.24. The van der Waals surface area contributed by atoms with Crippen molar-refractivity contribution < 1.29 is 19.8 Å². The van der Waals surface area contributed by atoms with Crippen LogP contribution in [0.3, 0.4) is 0 Å². The van der Waals surface area contributed by atoms with Crippen LogP contribution >= 0.6 is 11.5 Å². The van der Waals surface area contributed by atoms with Crippen LogP contribution in [0.4, 0.5) is 0 Å². The largest absolute Gasteiger partial charge is 0.473 e. The average molecular weight is 313 g/mol. The summed E-state index contributed by atoms with van der Waals surface area (Å²) in [5.74, 6) is -1.09. The number of hydrogen-bond donors (Lipinski definition) is 3. The molecule has 8 heteroatoms. The van der Waals surface area contributed by atoms with Crippen LogP contribution in [0.2, 0.25) is 0 Å². The maximum absolute atomic E-state index is 9.10. The number of carboxylic acid groups (broad SMARTS) is 2.